The number of piperidine rings is 1. The van der Waals surface area contributed by atoms with Crippen molar-refractivity contribution in [3.05, 3.63) is 17.5 Å². The second kappa shape index (κ2) is 5.61. The molecule has 5 heteroatoms. The Morgan fingerprint density at radius 1 is 1.32 bits per heavy atom. The fourth-order valence-electron chi connectivity index (χ4n) is 3.32. The lowest BCUT2D eigenvalue weighted by Crippen LogP contribution is -2.50. The third kappa shape index (κ3) is 2.68. The topological polar surface area (TPSA) is 44.4 Å². The highest BCUT2D eigenvalue weighted by Gasteiger charge is 2.33. The number of morpholine rings is 1. The molecule has 0 spiro atoms. The number of aromatic nitrogens is 2. The van der Waals surface area contributed by atoms with Crippen LogP contribution in [0.5, 0.6) is 0 Å². The van der Waals surface area contributed by atoms with Gasteiger partial charge in [-0.15, -0.1) is 0 Å². The summed E-state index contributed by atoms with van der Waals surface area (Å²) < 4.78 is 5.70. The van der Waals surface area contributed by atoms with E-state index in [1.54, 1.807) is 0 Å². The molecule has 2 fully saturated rings. The molecule has 3 heterocycles. The number of aromatic amines is 1. The smallest absolute Gasteiger partial charge is 0.0757 e. The molecule has 1 N–H and O–H groups in total. The molecule has 3 rings (SSSR count). The number of hydrogen-bond acceptors (Lipinski definition) is 4. The van der Waals surface area contributed by atoms with Gasteiger partial charge < -0.3 is 9.64 Å². The molecule has 1 aromatic heterocycles. The summed E-state index contributed by atoms with van der Waals surface area (Å²) in [5.74, 6) is 0. The fourth-order valence-corrected chi connectivity index (χ4v) is 3.32. The standard InChI is InChI=1S/C14H24N4O/c1-11-9-15-16-14(11)13-10-19-8-7-18(13)12-3-5-17(2)6-4-12/h9,12-13H,3-8,10H2,1-2H3,(H,15,16)/t13-/m0/s1. The first-order chi connectivity index (χ1) is 9.25. The molecule has 0 amide bonds. The molecule has 0 saturated carbocycles. The zero-order valence-electron chi connectivity index (χ0n) is 11.9. The van der Waals surface area contributed by atoms with Gasteiger partial charge in [-0.25, -0.2) is 0 Å². The van der Waals surface area contributed by atoms with E-state index in [4.69, 9.17) is 4.74 Å². The third-order valence-corrected chi connectivity index (χ3v) is 4.53. The zero-order valence-corrected chi connectivity index (χ0v) is 11.9. The lowest BCUT2D eigenvalue weighted by atomic mass is 9.99. The number of ether oxygens (including phenoxy) is 1. The maximum Gasteiger partial charge on any atom is 0.0757 e. The predicted molar refractivity (Wildman–Crippen MR) is 74.1 cm³/mol. The van der Waals surface area contributed by atoms with Gasteiger partial charge in [-0.05, 0) is 45.5 Å². The Labute approximate surface area is 114 Å². The van der Waals surface area contributed by atoms with Crippen molar-refractivity contribution in [2.24, 2.45) is 0 Å². The van der Waals surface area contributed by atoms with Gasteiger partial charge in [-0.3, -0.25) is 10.00 Å². The molecule has 2 aliphatic rings. The molecule has 1 aromatic rings. The molecule has 2 saturated heterocycles. The molecule has 19 heavy (non-hydrogen) atoms. The van der Waals surface area contributed by atoms with Crippen LogP contribution in [-0.4, -0.2) is 65.9 Å². The maximum atomic E-state index is 5.70. The number of hydrogen-bond donors (Lipinski definition) is 1. The monoisotopic (exact) mass is 264 g/mol. The summed E-state index contributed by atoms with van der Waals surface area (Å²) in [6.07, 6.45) is 4.44. The summed E-state index contributed by atoms with van der Waals surface area (Å²) in [4.78, 5) is 5.06. The number of nitrogens with zero attached hydrogens (tertiary/aromatic N) is 3. The van der Waals surface area contributed by atoms with Gasteiger partial charge in [-0.2, -0.15) is 5.10 Å². The van der Waals surface area contributed by atoms with Crippen molar-refractivity contribution in [2.75, 3.05) is 39.9 Å². The van der Waals surface area contributed by atoms with Crippen molar-refractivity contribution in [2.45, 2.75) is 31.8 Å². The molecular formula is C14H24N4O. The average Bonchev–Trinajstić information content (AvgIpc) is 2.86. The van der Waals surface area contributed by atoms with Crippen LogP contribution in [0.4, 0.5) is 0 Å². The molecular weight excluding hydrogens is 240 g/mol. The van der Waals surface area contributed by atoms with Crippen molar-refractivity contribution < 1.29 is 4.74 Å². The van der Waals surface area contributed by atoms with Gasteiger partial charge >= 0.3 is 0 Å². The lowest BCUT2D eigenvalue weighted by Gasteiger charge is -2.43. The van der Waals surface area contributed by atoms with Crippen molar-refractivity contribution in [3.8, 4) is 0 Å². The number of likely N-dealkylation sites (tertiary alicyclic amines) is 1. The number of aryl methyl sites for hydroxylation is 1. The highest BCUT2D eigenvalue weighted by Crippen LogP contribution is 2.30. The molecule has 0 radical (unpaired) electrons. The van der Waals surface area contributed by atoms with Crippen molar-refractivity contribution >= 4 is 0 Å². The molecule has 106 valence electrons. The van der Waals surface area contributed by atoms with Crippen LogP contribution in [0, 0.1) is 6.92 Å². The van der Waals surface area contributed by atoms with E-state index in [2.05, 4.69) is 34.0 Å². The first kappa shape index (κ1) is 13.1. The summed E-state index contributed by atoms with van der Waals surface area (Å²) in [6, 6.07) is 1.04. The Bertz CT molecular complexity index is 411. The number of nitrogens with one attached hydrogen (secondary N) is 1. The summed E-state index contributed by atoms with van der Waals surface area (Å²) >= 11 is 0. The van der Waals surface area contributed by atoms with E-state index in [0.717, 1.165) is 19.8 Å². The highest BCUT2D eigenvalue weighted by atomic mass is 16.5. The van der Waals surface area contributed by atoms with Crippen LogP contribution in [0.1, 0.15) is 30.1 Å². The van der Waals surface area contributed by atoms with Crippen molar-refractivity contribution in [1.29, 1.82) is 0 Å². The van der Waals surface area contributed by atoms with Gasteiger partial charge in [0.1, 0.15) is 0 Å². The second-order valence-corrected chi connectivity index (χ2v) is 5.83. The van der Waals surface area contributed by atoms with Gasteiger partial charge in [0.2, 0.25) is 0 Å². The van der Waals surface area contributed by atoms with Crippen LogP contribution in [0.25, 0.3) is 0 Å². The third-order valence-electron chi connectivity index (χ3n) is 4.53. The number of H-pyrrole nitrogens is 1. The molecule has 0 bridgehead atoms. The Morgan fingerprint density at radius 2 is 2.11 bits per heavy atom. The SMILES string of the molecule is Cc1cn[nH]c1[C@@H]1COCCN1C1CCN(C)CC1. The first-order valence-electron chi connectivity index (χ1n) is 7.27. The summed E-state index contributed by atoms with van der Waals surface area (Å²) in [6.45, 7) is 7.22. The molecule has 2 aliphatic heterocycles. The average molecular weight is 264 g/mol. The second-order valence-electron chi connectivity index (χ2n) is 5.83. The summed E-state index contributed by atoms with van der Waals surface area (Å²) in [7, 11) is 2.21. The van der Waals surface area contributed by atoms with Gasteiger partial charge in [-0.1, -0.05) is 0 Å². The first-order valence-corrected chi connectivity index (χ1v) is 7.27. The maximum absolute atomic E-state index is 5.70. The minimum Gasteiger partial charge on any atom is -0.378 e. The molecule has 0 aliphatic carbocycles. The Kier molecular flexibility index (Phi) is 3.86. The van der Waals surface area contributed by atoms with Crippen LogP contribution >= 0.6 is 0 Å². The Morgan fingerprint density at radius 3 is 2.79 bits per heavy atom. The van der Waals surface area contributed by atoms with Gasteiger partial charge in [0.15, 0.2) is 0 Å². The summed E-state index contributed by atoms with van der Waals surface area (Å²) in [5, 5.41) is 7.34. The van der Waals surface area contributed by atoms with Crippen LogP contribution < -0.4 is 0 Å². The van der Waals surface area contributed by atoms with Gasteiger partial charge in [0, 0.05) is 12.6 Å². The minimum atomic E-state index is 0.352. The minimum absolute atomic E-state index is 0.352. The van der Waals surface area contributed by atoms with Crippen LogP contribution in [0.15, 0.2) is 6.20 Å². The largest absolute Gasteiger partial charge is 0.378 e. The van der Waals surface area contributed by atoms with E-state index in [-0.39, 0.29) is 0 Å². The Balaban J connectivity index is 1.76. The molecule has 1 atom stereocenters. The number of rotatable bonds is 2. The van der Waals surface area contributed by atoms with E-state index in [1.165, 1.54) is 37.2 Å². The normalized spacial score (nSPS) is 27.8. The van der Waals surface area contributed by atoms with E-state index in [0.29, 0.717) is 12.1 Å². The van der Waals surface area contributed by atoms with E-state index in [9.17, 15) is 0 Å². The summed E-state index contributed by atoms with van der Waals surface area (Å²) in [5.41, 5.74) is 2.48. The highest BCUT2D eigenvalue weighted by molar-refractivity contribution is 5.19. The van der Waals surface area contributed by atoms with Crippen LogP contribution in [0.3, 0.4) is 0 Å². The quantitative estimate of drug-likeness (QED) is 0.871. The lowest BCUT2D eigenvalue weighted by molar-refractivity contribution is -0.0431. The van der Waals surface area contributed by atoms with Crippen LogP contribution in [0.2, 0.25) is 0 Å². The van der Waals surface area contributed by atoms with Crippen LogP contribution in [-0.2, 0) is 4.74 Å². The van der Waals surface area contributed by atoms with Crippen molar-refractivity contribution in [3.63, 3.8) is 0 Å². The van der Waals surface area contributed by atoms with E-state index in [1.807, 2.05) is 6.20 Å². The van der Waals surface area contributed by atoms with E-state index >= 15 is 0 Å². The van der Waals surface area contributed by atoms with E-state index < -0.39 is 0 Å². The Hall–Kier alpha value is -0.910. The predicted octanol–water partition coefficient (Wildman–Crippen LogP) is 1.19. The fraction of sp³-hybridized carbons (Fsp3) is 0.786. The zero-order chi connectivity index (χ0) is 13.2. The molecule has 0 unspecified atom stereocenters. The molecule has 0 aromatic carbocycles. The van der Waals surface area contributed by atoms with Gasteiger partial charge in [0.05, 0.1) is 31.1 Å². The van der Waals surface area contributed by atoms with Crippen molar-refractivity contribution in [1.82, 2.24) is 20.0 Å². The molecule has 5 nitrogen and oxygen atoms in total. The van der Waals surface area contributed by atoms with Gasteiger partial charge in [0.25, 0.3) is 0 Å².